The molecular formula is C18H25NS. The summed E-state index contributed by atoms with van der Waals surface area (Å²) in [5, 5.41) is 5.79. The number of hydrogen-bond acceptors (Lipinski definition) is 2. The lowest BCUT2D eigenvalue weighted by Gasteiger charge is -2.22. The first kappa shape index (κ1) is 15.3. The van der Waals surface area contributed by atoms with Gasteiger partial charge in [0.15, 0.2) is 0 Å². The van der Waals surface area contributed by atoms with E-state index in [0.717, 1.165) is 6.54 Å². The molecular weight excluding hydrogens is 262 g/mol. The molecule has 1 aromatic heterocycles. The molecule has 20 heavy (non-hydrogen) atoms. The van der Waals surface area contributed by atoms with Gasteiger partial charge in [-0.05, 0) is 47.0 Å². The van der Waals surface area contributed by atoms with Crippen LogP contribution in [0.5, 0.6) is 0 Å². The summed E-state index contributed by atoms with van der Waals surface area (Å²) in [4.78, 5) is 1.40. The molecule has 1 aromatic carbocycles. The molecule has 0 fully saturated rings. The zero-order valence-electron chi connectivity index (χ0n) is 13.2. The van der Waals surface area contributed by atoms with Gasteiger partial charge in [-0.15, -0.1) is 11.3 Å². The molecule has 1 heterocycles. The lowest BCUT2D eigenvalue weighted by molar-refractivity contribution is 0.587. The van der Waals surface area contributed by atoms with Gasteiger partial charge in [-0.25, -0.2) is 0 Å². The Bertz CT molecular complexity index is 546. The Balaban J connectivity index is 2.33. The topological polar surface area (TPSA) is 12.0 Å². The van der Waals surface area contributed by atoms with Crippen LogP contribution in [0.3, 0.4) is 0 Å². The molecule has 2 heteroatoms. The second-order valence-electron chi connectivity index (χ2n) is 6.29. The lowest BCUT2D eigenvalue weighted by atomic mass is 9.86. The largest absolute Gasteiger partial charge is 0.306 e. The number of benzene rings is 1. The Morgan fingerprint density at radius 1 is 1.10 bits per heavy atom. The SMILES string of the molecule is CCNC(c1ccc(C(C)(C)C)cc1)c1ccsc1C. The van der Waals surface area contributed by atoms with E-state index in [-0.39, 0.29) is 5.41 Å². The molecule has 1 nitrogen and oxygen atoms in total. The summed E-state index contributed by atoms with van der Waals surface area (Å²) in [6.45, 7) is 12.1. The van der Waals surface area contributed by atoms with E-state index in [1.54, 1.807) is 0 Å². The quantitative estimate of drug-likeness (QED) is 0.829. The van der Waals surface area contributed by atoms with Gasteiger partial charge in [-0.2, -0.15) is 0 Å². The van der Waals surface area contributed by atoms with Crippen molar-refractivity contribution in [1.82, 2.24) is 5.32 Å². The van der Waals surface area contributed by atoms with E-state index in [1.165, 1.54) is 21.6 Å². The molecule has 0 aliphatic heterocycles. The monoisotopic (exact) mass is 287 g/mol. The van der Waals surface area contributed by atoms with E-state index in [4.69, 9.17) is 0 Å². The first-order valence-electron chi connectivity index (χ1n) is 7.31. The maximum Gasteiger partial charge on any atom is 0.0587 e. The molecule has 0 amide bonds. The van der Waals surface area contributed by atoms with E-state index >= 15 is 0 Å². The second kappa shape index (κ2) is 6.11. The molecule has 0 radical (unpaired) electrons. The summed E-state index contributed by atoms with van der Waals surface area (Å²) < 4.78 is 0. The van der Waals surface area contributed by atoms with E-state index < -0.39 is 0 Å². The first-order valence-corrected chi connectivity index (χ1v) is 8.19. The summed E-state index contributed by atoms with van der Waals surface area (Å²) in [7, 11) is 0. The van der Waals surface area contributed by atoms with Gasteiger partial charge in [0.25, 0.3) is 0 Å². The molecule has 108 valence electrons. The minimum absolute atomic E-state index is 0.213. The summed E-state index contributed by atoms with van der Waals surface area (Å²) in [5.41, 5.74) is 4.35. The van der Waals surface area contributed by atoms with Crippen molar-refractivity contribution in [2.75, 3.05) is 6.54 Å². The molecule has 0 saturated carbocycles. The van der Waals surface area contributed by atoms with E-state index in [9.17, 15) is 0 Å². The molecule has 0 aliphatic rings. The van der Waals surface area contributed by atoms with E-state index in [2.05, 4.69) is 75.6 Å². The van der Waals surface area contributed by atoms with Gasteiger partial charge in [0.05, 0.1) is 6.04 Å². The minimum atomic E-state index is 0.213. The van der Waals surface area contributed by atoms with Crippen molar-refractivity contribution in [2.45, 2.75) is 46.1 Å². The molecule has 2 rings (SSSR count). The lowest BCUT2D eigenvalue weighted by Crippen LogP contribution is -2.22. The van der Waals surface area contributed by atoms with Crippen LogP contribution in [0.25, 0.3) is 0 Å². The van der Waals surface area contributed by atoms with Crippen LogP contribution in [0.1, 0.15) is 55.3 Å². The van der Waals surface area contributed by atoms with Gasteiger partial charge in [-0.1, -0.05) is 52.0 Å². The number of rotatable bonds is 4. The molecule has 0 bridgehead atoms. The smallest absolute Gasteiger partial charge is 0.0587 e. The standard InChI is InChI=1S/C18H25NS/c1-6-19-17(16-11-12-20-13(16)2)14-7-9-15(10-8-14)18(3,4)5/h7-12,17,19H,6H2,1-5H3. The van der Waals surface area contributed by atoms with Crippen LogP contribution in [0, 0.1) is 6.92 Å². The minimum Gasteiger partial charge on any atom is -0.306 e. The molecule has 2 aromatic rings. The molecule has 0 spiro atoms. The van der Waals surface area contributed by atoms with Crippen molar-refractivity contribution in [1.29, 1.82) is 0 Å². The molecule has 1 atom stereocenters. The highest BCUT2D eigenvalue weighted by Crippen LogP contribution is 2.30. The maximum absolute atomic E-state index is 3.61. The van der Waals surface area contributed by atoms with Crippen LogP contribution in [-0.2, 0) is 5.41 Å². The van der Waals surface area contributed by atoms with Gasteiger partial charge < -0.3 is 5.32 Å². The summed E-state index contributed by atoms with van der Waals surface area (Å²) >= 11 is 1.82. The third-order valence-electron chi connectivity index (χ3n) is 3.73. The van der Waals surface area contributed by atoms with Gasteiger partial charge in [0.2, 0.25) is 0 Å². The van der Waals surface area contributed by atoms with Crippen LogP contribution < -0.4 is 5.32 Å². The Hall–Kier alpha value is -1.12. The zero-order chi connectivity index (χ0) is 14.8. The van der Waals surface area contributed by atoms with Crippen LogP contribution >= 0.6 is 11.3 Å². The number of aryl methyl sites for hydroxylation is 1. The van der Waals surface area contributed by atoms with Crippen LogP contribution in [-0.4, -0.2) is 6.54 Å². The first-order chi connectivity index (χ1) is 9.43. The fourth-order valence-electron chi connectivity index (χ4n) is 2.48. The Kier molecular flexibility index (Phi) is 4.66. The number of hydrogen-bond donors (Lipinski definition) is 1. The van der Waals surface area contributed by atoms with Crippen molar-refractivity contribution in [2.24, 2.45) is 0 Å². The summed E-state index contributed by atoms with van der Waals surface area (Å²) in [6.07, 6.45) is 0. The van der Waals surface area contributed by atoms with Crippen molar-refractivity contribution in [3.63, 3.8) is 0 Å². The van der Waals surface area contributed by atoms with Gasteiger partial charge >= 0.3 is 0 Å². The zero-order valence-corrected chi connectivity index (χ0v) is 14.0. The predicted molar refractivity (Wildman–Crippen MR) is 89.7 cm³/mol. The fourth-order valence-corrected chi connectivity index (χ4v) is 3.22. The van der Waals surface area contributed by atoms with Crippen molar-refractivity contribution < 1.29 is 0 Å². The highest BCUT2D eigenvalue weighted by molar-refractivity contribution is 7.10. The average molecular weight is 287 g/mol. The van der Waals surface area contributed by atoms with Crippen LogP contribution in [0.2, 0.25) is 0 Å². The Labute approximate surface area is 127 Å². The highest BCUT2D eigenvalue weighted by Gasteiger charge is 2.18. The Morgan fingerprint density at radius 3 is 2.20 bits per heavy atom. The Morgan fingerprint density at radius 2 is 1.75 bits per heavy atom. The molecule has 1 N–H and O–H groups in total. The molecule has 0 saturated heterocycles. The van der Waals surface area contributed by atoms with Gasteiger partial charge in [0, 0.05) is 4.88 Å². The van der Waals surface area contributed by atoms with Crippen LogP contribution in [0.15, 0.2) is 35.7 Å². The molecule has 0 aliphatic carbocycles. The third kappa shape index (κ3) is 3.31. The fraction of sp³-hybridized carbons (Fsp3) is 0.444. The van der Waals surface area contributed by atoms with Crippen LogP contribution in [0.4, 0.5) is 0 Å². The van der Waals surface area contributed by atoms with E-state index in [0.29, 0.717) is 6.04 Å². The van der Waals surface area contributed by atoms with Crippen molar-refractivity contribution in [3.05, 3.63) is 57.3 Å². The van der Waals surface area contributed by atoms with Gasteiger partial charge in [-0.3, -0.25) is 0 Å². The number of nitrogens with one attached hydrogen (secondary N) is 1. The van der Waals surface area contributed by atoms with Crippen molar-refractivity contribution in [3.8, 4) is 0 Å². The second-order valence-corrected chi connectivity index (χ2v) is 7.42. The highest BCUT2D eigenvalue weighted by atomic mass is 32.1. The predicted octanol–water partition coefficient (Wildman–Crippen LogP) is 5.05. The average Bonchev–Trinajstić information content (AvgIpc) is 2.81. The normalized spacial score (nSPS) is 13.4. The third-order valence-corrected chi connectivity index (χ3v) is 4.59. The summed E-state index contributed by atoms with van der Waals surface area (Å²) in [5.74, 6) is 0. The molecule has 1 unspecified atom stereocenters. The van der Waals surface area contributed by atoms with Gasteiger partial charge in [0.1, 0.15) is 0 Å². The van der Waals surface area contributed by atoms with Crippen molar-refractivity contribution >= 4 is 11.3 Å². The van der Waals surface area contributed by atoms with E-state index in [1.807, 2.05) is 11.3 Å². The number of thiophene rings is 1. The maximum atomic E-state index is 3.61. The summed E-state index contributed by atoms with van der Waals surface area (Å²) in [6, 6.07) is 11.6.